The number of rotatable bonds is 0. The largest absolute Gasteiger partial charge is 0.416 e. The van der Waals surface area contributed by atoms with E-state index in [4.69, 9.17) is 0 Å². The lowest BCUT2D eigenvalue weighted by atomic mass is 10.2. The van der Waals surface area contributed by atoms with Gasteiger partial charge in [-0.1, -0.05) is 0 Å². The molecule has 1 heterocycles. The van der Waals surface area contributed by atoms with Crippen LogP contribution in [-0.4, -0.2) is 9.97 Å². The third-order valence-electron chi connectivity index (χ3n) is 1.85. The van der Waals surface area contributed by atoms with Crippen LogP contribution in [0.1, 0.15) is 5.56 Å². The molecule has 0 unspecified atom stereocenters. The van der Waals surface area contributed by atoms with Crippen molar-refractivity contribution in [1.82, 2.24) is 9.97 Å². The van der Waals surface area contributed by atoms with Gasteiger partial charge >= 0.3 is 6.18 Å². The van der Waals surface area contributed by atoms with Crippen molar-refractivity contribution in [2.24, 2.45) is 0 Å². The molecule has 0 bridgehead atoms. The van der Waals surface area contributed by atoms with Gasteiger partial charge in [-0.15, -0.1) is 0 Å². The maximum Gasteiger partial charge on any atom is 0.416 e. The predicted molar refractivity (Wildman–Crippen MR) is 44.7 cm³/mol. The summed E-state index contributed by atoms with van der Waals surface area (Å²) in [6.07, 6.45) is -3.52. The summed E-state index contributed by atoms with van der Waals surface area (Å²) in [6, 6.07) is 2.87. The summed E-state index contributed by atoms with van der Waals surface area (Å²) in [6.45, 7) is 0. The summed E-state index contributed by atoms with van der Waals surface area (Å²) in [4.78, 5) is 7.09. The molecule has 0 aliphatic heterocycles. The Morgan fingerprint density at radius 2 is 1.87 bits per heavy atom. The van der Waals surface area contributed by atoms with Crippen LogP contribution in [0, 0.1) is 0 Å². The Morgan fingerprint density at radius 1 is 1.13 bits per heavy atom. The van der Waals surface area contributed by atoms with Crippen LogP contribution in [0.4, 0.5) is 13.2 Å². The number of halogens is 3. The van der Waals surface area contributed by atoms with Gasteiger partial charge in [0, 0.05) is 0 Å². The Balaban J connectivity index is 2.62. The van der Waals surface area contributed by atoms with Crippen LogP contribution >= 0.6 is 0 Å². The van der Waals surface area contributed by atoms with Gasteiger partial charge in [-0.2, -0.15) is 13.2 Å². The highest BCUT2D eigenvalue weighted by molar-refractivity contribution is 5.75. The van der Waals surface area contributed by atoms with E-state index in [-0.39, 0.29) is 11.0 Å². The molecule has 6 heteroatoms. The lowest BCUT2D eigenvalue weighted by Crippen LogP contribution is -2.04. The Hall–Kier alpha value is -1.85. The number of benzene rings is 1. The number of hydrogen-bond acceptors (Lipinski definition) is 2. The van der Waals surface area contributed by atoms with Crippen molar-refractivity contribution in [2.75, 3.05) is 0 Å². The minimum absolute atomic E-state index is 0.0597. The van der Waals surface area contributed by atoms with Gasteiger partial charge in [0.05, 0.1) is 22.8 Å². The minimum Gasteiger partial charge on any atom is -0.266 e. The van der Waals surface area contributed by atoms with Crippen LogP contribution in [0.5, 0.6) is 5.88 Å². The second kappa shape index (κ2) is 3.08. The molecule has 0 saturated carbocycles. The number of fused-ring (bicyclic) bond motifs is 1. The van der Waals surface area contributed by atoms with Crippen LogP contribution in [0.3, 0.4) is 0 Å². The molecular formula is C9H4F3N2O. The quantitative estimate of drug-likeness (QED) is 0.675. The van der Waals surface area contributed by atoms with Gasteiger partial charge in [0.1, 0.15) is 0 Å². The highest BCUT2D eigenvalue weighted by Gasteiger charge is 2.30. The molecule has 1 aromatic carbocycles. The lowest BCUT2D eigenvalue weighted by molar-refractivity contribution is -0.137. The monoisotopic (exact) mass is 213 g/mol. The minimum atomic E-state index is -4.41. The molecule has 0 amide bonds. The van der Waals surface area contributed by atoms with E-state index in [0.717, 1.165) is 24.4 Å². The molecule has 0 fully saturated rings. The van der Waals surface area contributed by atoms with E-state index in [1.165, 1.54) is 0 Å². The summed E-state index contributed by atoms with van der Waals surface area (Å²) in [5.41, 5.74) is -0.581. The van der Waals surface area contributed by atoms with E-state index in [1.54, 1.807) is 0 Å². The first-order valence-electron chi connectivity index (χ1n) is 3.98. The third-order valence-corrected chi connectivity index (χ3v) is 1.85. The molecule has 0 aliphatic rings. The average molecular weight is 213 g/mol. The topological polar surface area (TPSA) is 45.7 Å². The van der Waals surface area contributed by atoms with Crippen LogP contribution in [0.25, 0.3) is 11.0 Å². The smallest absolute Gasteiger partial charge is 0.266 e. The number of alkyl halides is 3. The van der Waals surface area contributed by atoms with E-state index in [2.05, 4.69) is 9.97 Å². The summed E-state index contributed by atoms with van der Waals surface area (Å²) >= 11 is 0. The molecular weight excluding hydrogens is 209 g/mol. The summed E-state index contributed by atoms with van der Waals surface area (Å²) < 4.78 is 36.9. The Morgan fingerprint density at radius 3 is 2.53 bits per heavy atom. The molecule has 3 nitrogen and oxygen atoms in total. The first kappa shape index (κ1) is 9.70. The first-order valence-corrected chi connectivity index (χ1v) is 3.98. The van der Waals surface area contributed by atoms with Crippen molar-refractivity contribution in [3.05, 3.63) is 30.0 Å². The fourth-order valence-electron chi connectivity index (χ4n) is 1.17. The van der Waals surface area contributed by atoms with Gasteiger partial charge in [-0.25, -0.2) is 9.97 Å². The summed E-state index contributed by atoms with van der Waals surface area (Å²) in [5.74, 6) is -0.567. The zero-order chi connectivity index (χ0) is 11.1. The highest BCUT2D eigenvalue weighted by atomic mass is 19.4. The van der Waals surface area contributed by atoms with Crippen molar-refractivity contribution in [1.29, 1.82) is 0 Å². The molecule has 1 aromatic heterocycles. The van der Waals surface area contributed by atoms with Gasteiger partial charge in [0.15, 0.2) is 0 Å². The summed E-state index contributed by atoms with van der Waals surface area (Å²) in [5, 5.41) is 10.8. The fraction of sp³-hybridized carbons (Fsp3) is 0.111. The first-order chi connectivity index (χ1) is 6.97. The molecule has 0 aliphatic carbocycles. The van der Waals surface area contributed by atoms with Gasteiger partial charge < -0.3 is 0 Å². The molecule has 0 atom stereocenters. The maximum absolute atomic E-state index is 12.3. The molecule has 0 spiro atoms. The Bertz CT molecular complexity index is 510. The number of aromatic nitrogens is 2. The zero-order valence-corrected chi connectivity index (χ0v) is 7.25. The van der Waals surface area contributed by atoms with Crippen LogP contribution in [0.2, 0.25) is 0 Å². The standard InChI is InChI=1S/C9H4F3N2O/c10-9(11,12)5-1-2-6-7(3-5)13-4-8(15)14-6/h1-4H. The van der Waals surface area contributed by atoms with E-state index in [1.807, 2.05) is 0 Å². The van der Waals surface area contributed by atoms with Gasteiger partial charge in [-0.05, 0) is 18.2 Å². The van der Waals surface area contributed by atoms with Crippen molar-refractivity contribution in [3.8, 4) is 5.88 Å². The predicted octanol–water partition coefficient (Wildman–Crippen LogP) is 2.79. The number of hydrogen-bond donors (Lipinski definition) is 0. The molecule has 2 aromatic rings. The van der Waals surface area contributed by atoms with Crippen LogP contribution in [-0.2, 0) is 11.3 Å². The normalized spacial score (nSPS) is 11.9. The lowest BCUT2D eigenvalue weighted by Gasteiger charge is -2.06. The van der Waals surface area contributed by atoms with E-state index < -0.39 is 17.6 Å². The van der Waals surface area contributed by atoms with Gasteiger partial charge in [0.2, 0.25) is 0 Å². The molecule has 0 N–H and O–H groups in total. The second-order valence-electron chi connectivity index (χ2n) is 2.91. The number of nitrogens with zero attached hydrogens (tertiary/aromatic N) is 2. The van der Waals surface area contributed by atoms with Crippen molar-refractivity contribution in [2.45, 2.75) is 6.18 Å². The second-order valence-corrected chi connectivity index (χ2v) is 2.91. The van der Waals surface area contributed by atoms with Gasteiger partial charge in [0.25, 0.3) is 5.88 Å². The molecule has 0 saturated heterocycles. The molecule has 1 radical (unpaired) electrons. The van der Waals surface area contributed by atoms with E-state index in [9.17, 15) is 18.3 Å². The van der Waals surface area contributed by atoms with Crippen LogP contribution in [0.15, 0.2) is 24.4 Å². The Labute approximate surface area is 82.2 Å². The van der Waals surface area contributed by atoms with Crippen molar-refractivity contribution < 1.29 is 18.3 Å². The van der Waals surface area contributed by atoms with Crippen LogP contribution < -0.4 is 0 Å². The third kappa shape index (κ3) is 1.83. The van der Waals surface area contributed by atoms with Crippen molar-refractivity contribution in [3.63, 3.8) is 0 Å². The van der Waals surface area contributed by atoms with E-state index in [0.29, 0.717) is 0 Å². The van der Waals surface area contributed by atoms with Crippen molar-refractivity contribution >= 4 is 11.0 Å². The Kier molecular flexibility index (Phi) is 1.99. The zero-order valence-electron chi connectivity index (χ0n) is 7.25. The molecule has 15 heavy (non-hydrogen) atoms. The maximum atomic E-state index is 12.3. The molecule has 2 rings (SSSR count). The fourth-order valence-corrected chi connectivity index (χ4v) is 1.17. The molecule has 77 valence electrons. The average Bonchev–Trinajstić information content (AvgIpc) is 2.15. The van der Waals surface area contributed by atoms with E-state index >= 15 is 0 Å². The summed E-state index contributed by atoms with van der Waals surface area (Å²) in [7, 11) is 0. The SMILES string of the molecule is [O]c1cnc2cc(C(F)(F)F)ccc2n1. The van der Waals surface area contributed by atoms with Gasteiger partial charge in [-0.3, -0.25) is 5.11 Å². The highest BCUT2D eigenvalue weighted by Crippen LogP contribution is 2.30.